The molecule has 0 bridgehead atoms. The van der Waals surface area contributed by atoms with Crippen LogP contribution in [0.25, 0.3) is 0 Å². The van der Waals surface area contributed by atoms with Crippen molar-refractivity contribution in [1.29, 1.82) is 0 Å². The minimum atomic E-state index is -1.86. The Morgan fingerprint density at radius 1 is 0.826 bits per heavy atom. The molecule has 23 heavy (non-hydrogen) atoms. The molecule has 0 atom stereocenters. The predicted molar refractivity (Wildman–Crippen MR) is 113 cm³/mol. The van der Waals surface area contributed by atoms with E-state index >= 15 is 0 Å². The van der Waals surface area contributed by atoms with E-state index in [0.717, 1.165) is 25.4 Å². The zero-order valence-electron chi connectivity index (χ0n) is 15.5. The fourth-order valence-corrected chi connectivity index (χ4v) is 5.75. The van der Waals surface area contributed by atoms with Gasteiger partial charge in [0.05, 0.1) is 0 Å². The largest absolute Gasteiger partial charge is 0.342 e. The maximum atomic E-state index is 6.13. The Labute approximate surface area is 160 Å². The number of hydrogen-bond donors (Lipinski definition) is 0. The van der Waals surface area contributed by atoms with Crippen LogP contribution in [0.15, 0.2) is 22.5 Å². The third-order valence-electron chi connectivity index (χ3n) is 3.27. The van der Waals surface area contributed by atoms with E-state index in [9.17, 15) is 0 Å². The Bertz CT molecular complexity index is 337. The Kier molecular flexibility index (Phi) is 14.3. The zero-order valence-corrected chi connectivity index (χ0v) is 20.0. The molecule has 0 saturated heterocycles. The van der Waals surface area contributed by atoms with Crippen molar-refractivity contribution in [2.24, 2.45) is 0 Å². The first-order chi connectivity index (χ1) is 10.7. The number of nitrogens with zero attached hydrogens (tertiary/aromatic N) is 1. The van der Waals surface area contributed by atoms with Gasteiger partial charge in [-0.1, -0.05) is 54.6 Å². The molecule has 0 amide bonds. The minimum absolute atomic E-state index is 0.823. The van der Waals surface area contributed by atoms with Crippen LogP contribution in [-0.2, 0) is 0 Å². The van der Waals surface area contributed by atoms with E-state index in [0.29, 0.717) is 0 Å². The second kappa shape index (κ2) is 13.9. The van der Waals surface area contributed by atoms with E-state index < -0.39 is 6.69 Å². The first kappa shape index (κ1) is 23.7. The fourth-order valence-electron chi connectivity index (χ4n) is 1.99. The van der Waals surface area contributed by atoms with Gasteiger partial charge < -0.3 is 4.23 Å². The van der Waals surface area contributed by atoms with E-state index in [-0.39, 0.29) is 0 Å². The van der Waals surface area contributed by atoms with E-state index in [1.165, 1.54) is 56.2 Å². The lowest BCUT2D eigenvalue weighted by atomic mass is 10.1. The quantitative estimate of drug-likeness (QED) is 0.198. The van der Waals surface area contributed by atoms with E-state index in [2.05, 4.69) is 43.3 Å². The van der Waals surface area contributed by atoms with Crippen LogP contribution in [0.3, 0.4) is 0 Å². The Morgan fingerprint density at radius 3 is 1.70 bits per heavy atom. The molecule has 6 heteroatoms. The van der Waals surface area contributed by atoms with Gasteiger partial charge in [-0.15, -0.1) is 22.2 Å². The van der Waals surface area contributed by atoms with Crippen molar-refractivity contribution in [3.8, 4) is 0 Å². The predicted octanol–water partition coefficient (Wildman–Crippen LogP) is 6.26. The molecular formula is C17H33Cl2NSi3. The lowest BCUT2D eigenvalue weighted by Gasteiger charge is -2.18. The first-order valence-corrected chi connectivity index (χ1v) is 15.4. The van der Waals surface area contributed by atoms with Crippen molar-refractivity contribution in [2.45, 2.75) is 78.8 Å². The second-order valence-corrected chi connectivity index (χ2v) is 17.6. The summed E-state index contributed by atoms with van der Waals surface area (Å²) in [7, 11) is 1.65. The molecule has 4 radical (unpaired) electrons. The van der Waals surface area contributed by atoms with Crippen LogP contribution in [0.5, 0.6) is 0 Å². The summed E-state index contributed by atoms with van der Waals surface area (Å²) in [6.45, 7) is 10.1. The van der Waals surface area contributed by atoms with Crippen molar-refractivity contribution < 1.29 is 0 Å². The normalized spacial score (nSPS) is 11.7. The third-order valence-corrected chi connectivity index (χ3v) is 8.89. The van der Waals surface area contributed by atoms with Crippen LogP contribution in [0.1, 0.15) is 66.2 Å². The van der Waals surface area contributed by atoms with Crippen LogP contribution in [0.2, 0.25) is 12.6 Å². The van der Waals surface area contributed by atoms with Crippen LogP contribution in [0, 0.1) is 0 Å². The molecule has 132 valence electrons. The molecule has 0 spiro atoms. The summed E-state index contributed by atoms with van der Waals surface area (Å²) in [6.07, 6.45) is 7.80. The SMILES string of the molecule is CC(C)=C[Si]N(CCCCCCCC[Si](C)(Cl)Cl)[Si]C=C(C)C. The molecule has 0 aliphatic rings. The molecule has 0 aromatic rings. The van der Waals surface area contributed by atoms with Gasteiger partial charge in [-0.25, -0.2) is 0 Å². The lowest BCUT2D eigenvalue weighted by molar-refractivity contribution is 0.558. The average molecular weight is 407 g/mol. The highest BCUT2D eigenvalue weighted by Gasteiger charge is 2.19. The van der Waals surface area contributed by atoms with Gasteiger partial charge in [-0.3, -0.25) is 0 Å². The molecular weight excluding hydrogens is 373 g/mol. The van der Waals surface area contributed by atoms with E-state index in [1.807, 2.05) is 6.55 Å². The van der Waals surface area contributed by atoms with Gasteiger partial charge in [0.25, 0.3) is 0 Å². The highest BCUT2D eigenvalue weighted by Crippen LogP contribution is 2.23. The van der Waals surface area contributed by atoms with Gasteiger partial charge >= 0.3 is 0 Å². The Morgan fingerprint density at radius 2 is 1.26 bits per heavy atom. The standard InChI is InChI=1S/C17H33Cl2NSi3/c1-16(2)14-21-20(22-15-17(3)4)12-10-8-6-7-9-11-13-23(5,18)19/h14-15H,6-13H2,1-5H3. The smallest absolute Gasteiger partial charge is 0.248 e. The molecule has 0 rings (SSSR count). The number of hydrogen-bond acceptors (Lipinski definition) is 1. The maximum Gasteiger partial charge on any atom is 0.248 e. The van der Waals surface area contributed by atoms with Crippen LogP contribution in [0.4, 0.5) is 0 Å². The fraction of sp³-hybridized carbons (Fsp3) is 0.765. The van der Waals surface area contributed by atoms with Crippen molar-refractivity contribution >= 4 is 48.2 Å². The van der Waals surface area contributed by atoms with Gasteiger partial charge in [-0.05, 0) is 53.3 Å². The molecule has 0 fully saturated rings. The molecule has 1 nitrogen and oxygen atoms in total. The Balaban J connectivity index is 3.81. The summed E-state index contributed by atoms with van der Waals surface area (Å²) in [4.78, 5) is 0. The van der Waals surface area contributed by atoms with Crippen molar-refractivity contribution in [1.82, 2.24) is 4.23 Å². The number of allylic oxidation sites excluding steroid dienone is 2. The monoisotopic (exact) mass is 405 g/mol. The molecule has 0 aromatic heterocycles. The minimum Gasteiger partial charge on any atom is -0.342 e. The molecule has 0 aromatic carbocycles. The average Bonchev–Trinajstić information content (AvgIpc) is 2.42. The van der Waals surface area contributed by atoms with Gasteiger partial charge in [0.2, 0.25) is 6.69 Å². The van der Waals surface area contributed by atoms with Gasteiger partial charge in [0, 0.05) is 0 Å². The highest BCUT2D eigenvalue weighted by atomic mass is 35.7. The Hall–Kier alpha value is 0.671. The summed E-state index contributed by atoms with van der Waals surface area (Å²) < 4.78 is 2.60. The van der Waals surface area contributed by atoms with Crippen LogP contribution < -0.4 is 0 Å². The third kappa shape index (κ3) is 18.8. The number of rotatable bonds is 13. The highest BCUT2D eigenvalue weighted by molar-refractivity contribution is 7.44. The van der Waals surface area contributed by atoms with E-state index in [1.54, 1.807) is 0 Å². The van der Waals surface area contributed by atoms with Gasteiger partial charge in [0.15, 0.2) is 19.4 Å². The summed E-state index contributed by atoms with van der Waals surface area (Å²) >= 11 is 12.3. The molecule has 0 unspecified atom stereocenters. The van der Waals surface area contributed by atoms with E-state index in [4.69, 9.17) is 22.2 Å². The van der Waals surface area contributed by atoms with Crippen LogP contribution in [-0.4, -0.2) is 36.8 Å². The van der Waals surface area contributed by atoms with Crippen LogP contribution >= 0.6 is 22.2 Å². The second-order valence-electron chi connectivity index (χ2n) is 6.79. The van der Waals surface area contributed by atoms with Crippen molar-refractivity contribution in [2.75, 3.05) is 6.54 Å². The van der Waals surface area contributed by atoms with Crippen molar-refractivity contribution in [3.05, 3.63) is 22.5 Å². The van der Waals surface area contributed by atoms with Gasteiger partial charge in [-0.2, -0.15) is 0 Å². The molecule has 0 aliphatic heterocycles. The van der Waals surface area contributed by atoms with Gasteiger partial charge in [0.1, 0.15) is 0 Å². The molecule has 0 heterocycles. The summed E-state index contributed by atoms with van der Waals surface area (Å²) in [5.74, 6) is 0. The number of unbranched alkanes of at least 4 members (excludes halogenated alkanes) is 5. The molecule has 0 N–H and O–H groups in total. The summed E-state index contributed by atoms with van der Waals surface area (Å²) in [6, 6.07) is 1.04. The summed E-state index contributed by atoms with van der Waals surface area (Å²) in [5, 5.41) is 0. The molecule has 0 saturated carbocycles. The number of halogens is 2. The first-order valence-electron chi connectivity index (χ1n) is 8.65. The lowest BCUT2D eigenvalue weighted by Crippen LogP contribution is -2.31. The zero-order chi connectivity index (χ0) is 17.7. The maximum absolute atomic E-state index is 6.13. The van der Waals surface area contributed by atoms with Crippen molar-refractivity contribution in [3.63, 3.8) is 0 Å². The summed E-state index contributed by atoms with van der Waals surface area (Å²) in [5.41, 5.74) is 7.57. The molecule has 0 aliphatic carbocycles. The topological polar surface area (TPSA) is 3.24 Å².